The zero-order chi connectivity index (χ0) is 16.9. The molecule has 2 heterocycles. The fraction of sp³-hybridized carbons (Fsp3) is 0.789. The van der Waals surface area contributed by atoms with E-state index in [1.54, 1.807) is 0 Å². The van der Waals surface area contributed by atoms with Crippen LogP contribution in [0.2, 0.25) is 0 Å². The predicted octanol–water partition coefficient (Wildman–Crippen LogP) is 2.73. The number of aromatic nitrogens is 2. The highest BCUT2D eigenvalue weighted by Gasteiger charge is 2.25. The van der Waals surface area contributed by atoms with Crippen LogP contribution < -0.4 is 0 Å². The zero-order valence-corrected chi connectivity index (χ0v) is 15.3. The number of hydrogen-bond donors (Lipinski definition) is 0. The molecule has 1 aliphatic carbocycles. The molecule has 2 aliphatic rings. The minimum Gasteiger partial charge on any atom is -0.340 e. The van der Waals surface area contributed by atoms with Gasteiger partial charge in [0.05, 0.1) is 0 Å². The minimum atomic E-state index is 0.387. The lowest BCUT2D eigenvalue weighted by Crippen LogP contribution is -2.49. The lowest BCUT2D eigenvalue weighted by Gasteiger charge is -2.35. The van der Waals surface area contributed by atoms with E-state index in [2.05, 4.69) is 39.4 Å². The molecule has 1 aromatic heterocycles. The third-order valence-corrected chi connectivity index (χ3v) is 5.58. The molecule has 1 saturated carbocycles. The van der Waals surface area contributed by atoms with Crippen molar-refractivity contribution in [3.63, 3.8) is 0 Å². The summed E-state index contributed by atoms with van der Waals surface area (Å²) in [6, 6.07) is 0. The first-order valence-corrected chi connectivity index (χ1v) is 9.64. The highest BCUT2D eigenvalue weighted by atomic mass is 16.2. The van der Waals surface area contributed by atoms with E-state index >= 15 is 0 Å². The second-order valence-electron chi connectivity index (χ2n) is 7.71. The van der Waals surface area contributed by atoms with E-state index < -0.39 is 0 Å². The molecule has 1 aromatic rings. The van der Waals surface area contributed by atoms with Gasteiger partial charge in [0.1, 0.15) is 5.82 Å². The Morgan fingerprint density at radius 3 is 2.54 bits per heavy atom. The Kier molecular flexibility index (Phi) is 5.93. The Balaban J connectivity index is 1.40. The number of amides is 1. The van der Waals surface area contributed by atoms with Crippen molar-refractivity contribution in [2.24, 2.45) is 5.92 Å². The quantitative estimate of drug-likeness (QED) is 0.804. The molecule has 0 aromatic carbocycles. The molecule has 5 heteroatoms. The van der Waals surface area contributed by atoms with E-state index in [0.29, 0.717) is 17.7 Å². The van der Waals surface area contributed by atoms with Crippen LogP contribution in [0.5, 0.6) is 0 Å². The molecular weight excluding hydrogens is 300 g/mol. The summed E-state index contributed by atoms with van der Waals surface area (Å²) in [6.45, 7) is 10.2. The van der Waals surface area contributed by atoms with Gasteiger partial charge in [0.25, 0.3) is 0 Å². The second kappa shape index (κ2) is 8.15. The first-order chi connectivity index (χ1) is 11.6. The minimum absolute atomic E-state index is 0.387. The van der Waals surface area contributed by atoms with Crippen molar-refractivity contribution in [3.05, 3.63) is 18.2 Å². The van der Waals surface area contributed by atoms with Crippen molar-refractivity contribution in [1.29, 1.82) is 0 Å². The molecule has 0 bridgehead atoms. The van der Waals surface area contributed by atoms with Crippen LogP contribution in [-0.2, 0) is 11.3 Å². The van der Waals surface area contributed by atoms with Gasteiger partial charge in [0.15, 0.2) is 0 Å². The first kappa shape index (κ1) is 17.5. The summed E-state index contributed by atoms with van der Waals surface area (Å²) in [5.41, 5.74) is 0. The molecule has 0 unspecified atom stereocenters. The van der Waals surface area contributed by atoms with E-state index in [0.717, 1.165) is 45.7 Å². The molecule has 0 radical (unpaired) electrons. The highest BCUT2D eigenvalue weighted by molar-refractivity contribution is 5.76. The van der Waals surface area contributed by atoms with Crippen LogP contribution in [-0.4, -0.2) is 58.0 Å². The number of carbonyl (C=O) groups excluding carboxylic acids is 1. The Labute approximate surface area is 146 Å². The first-order valence-electron chi connectivity index (χ1n) is 9.64. The maximum atomic E-state index is 12.4. The highest BCUT2D eigenvalue weighted by Crippen LogP contribution is 2.28. The van der Waals surface area contributed by atoms with E-state index in [-0.39, 0.29) is 0 Å². The van der Waals surface area contributed by atoms with Crippen LogP contribution in [0.3, 0.4) is 0 Å². The molecule has 1 saturated heterocycles. The van der Waals surface area contributed by atoms with Crippen molar-refractivity contribution in [3.8, 4) is 0 Å². The smallest absolute Gasteiger partial charge is 0.222 e. The number of imidazole rings is 1. The van der Waals surface area contributed by atoms with Gasteiger partial charge < -0.3 is 9.47 Å². The second-order valence-corrected chi connectivity index (χ2v) is 7.71. The predicted molar refractivity (Wildman–Crippen MR) is 95.9 cm³/mol. The van der Waals surface area contributed by atoms with Gasteiger partial charge in [-0.25, -0.2) is 4.98 Å². The maximum absolute atomic E-state index is 12.4. The van der Waals surface area contributed by atoms with E-state index in [9.17, 15) is 4.79 Å². The normalized spacial score (nSPS) is 20.2. The number of rotatable bonds is 6. The summed E-state index contributed by atoms with van der Waals surface area (Å²) in [4.78, 5) is 21.4. The molecule has 0 N–H and O–H groups in total. The lowest BCUT2D eigenvalue weighted by atomic mass is 10.0. The number of piperazine rings is 1. The number of nitrogens with zero attached hydrogens (tertiary/aromatic N) is 4. The largest absolute Gasteiger partial charge is 0.340 e. The average molecular weight is 332 g/mol. The van der Waals surface area contributed by atoms with Crippen molar-refractivity contribution in [2.45, 2.75) is 58.4 Å². The monoisotopic (exact) mass is 332 g/mol. The summed E-state index contributed by atoms with van der Waals surface area (Å²) in [5.74, 6) is 2.68. The SMILES string of the molecule is CC(C)c1nccn1CCN1CCN(C(=O)CC2CCCC2)CC1. The summed E-state index contributed by atoms with van der Waals surface area (Å²) < 4.78 is 2.27. The fourth-order valence-electron chi connectivity index (χ4n) is 4.07. The third-order valence-electron chi connectivity index (χ3n) is 5.58. The molecule has 0 atom stereocenters. The summed E-state index contributed by atoms with van der Waals surface area (Å²) in [6.07, 6.45) is 9.92. The van der Waals surface area contributed by atoms with Crippen LogP contribution in [0.25, 0.3) is 0 Å². The van der Waals surface area contributed by atoms with Crippen molar-refractivity contribution in [2.75, 3.05) is 32.7 Å². The summed E-state index contributed by atoms with van der Waals surface area (Å²) >= 11 is 0. The van der Waals surface area contributed by atoms with Crippen molar-refractivity contribution < 1.29 is 4.79 Å². The van der Waals surface area contributed by atoms with Gasteiger partial charge in [-0.3, -0.25) is 9.69 Å². The van der Waals surface area contributed by atoms with Gasteiger partial charge in [-0.1, -0.05) is 26.7 Å². The molecule has 0 spiro atoms. The van der Waals surface area contributed by atoms with Crippen LogP contribution in [0, 0.1) is 5.92 Å². The molecule has 3 rings (SSSR count). The van der Waals surface area contributed by atoms with Crippen LogP contribution >= 0.6 is 0 Å². The number of hydrogen-bond acceptors (Lipinski definition) is 3. The third kappa shape index (κ3) is 4.38. The van der Waals surface area contributed by atoms with Crippen LogP contribution in [0.4, 0.5) is 0 Å². The molecular formula is C19H32N4O. The topological polar surface area (TPSA) is 41.4 Å². The lowest BCUT2D eigenvalue weighted by molar-refractivity contribution is -0.133. The van der Waals surface area contributed by atoms with E-state index in [1.165, 1.54) is 31.5 Å². The summed E-state index contributed by atoms with van der Waals surface area (Å²) in [7, 11) is 0. The summed E-state index contributed by atoms with van der Waals surface area (Å²) in [5, 5.41) is 0. The Bertz CT molecular complexity index is 525. The molecule has 2 fully saturated rings. The van der Waals surface area contributed by atoms with Gasteiger partial charge in [-0.15, -0.1) is 0 Å². The van der Waals surface area contributed by atoms with Crippen molar-refractivity contribution in [1.82, 2.24) is 19.4 Å². The Hall–Kier alpha value is -1.36. The van der Waals surface area contributed by atoms with Gasteiger partial charge in [0.2, 0.25) is 5.91 Å². The Morgan fingerprint density at radius 1 is 1.17 bits per heavy atom. The standard InChI is InChI=1S/C19H32N4O/c1-16(2)19-20-7-8-23(19)14-11-21-9-12-22(13-10-21)18(24)15-17-5-3-4-6-17/h7-8,16-17H,3-6,9-15H2,1-2H3. The molecule has 1 aliphatic heterocycles. The van der Waals surface area contributed by atoms with Gasteiger partial charge in [-0.2, -0.15) is 0 Å². The Morgan fingerprint density at radius 2 is 1.88 bits per heavy atom. The zero-order valence-electron chi connectivity index (χ0n) is 15.3. The van der Waals surface area contributed by atoms with Gasteiger partial charge in [-0.05, 0) is 18.8 Å². The van der Waals surface area contributed by atoms with Gasteiger partial charge in [0, 0.05) is 64.0 Å². The van der Waals surface area contributed by atoms with E-state index in [1.807, 2.05) is 6.20 Å². The maximum Gasteiger partial charge on any atom is 0.222 e. The molecule has 1 amide bonds. The number of carbonyl (C=O) groups is 1. The van der Waals surface area contributed by atoms with Crippen LogP contribution in [0.15, 0.2) is 12.4 Å². The molecule has 5 nitrogen and oxygen atoms in total. The average Bonchev–Trinajstić information content (AvgIpc) is 3.24. The van der Waals surface area contributed by atoms with Crippen molar-refractivity contribution >= 4 is 5.91 Å². The van der Waals surface area contributed by atoms with Crippen LogP contribution in [0.1, 0.15) is 57.7 Å². The molecule has 24 heavy (non-hydrogen) atoms. The van der Waals surface area contributed by atoms with E-state index in [4.69, 9.17) is 0 Å². The molecule has 134 valence electrons. The van der Waals surface area contributed by atoms with Gasteiger partial charge >= 0.3 is 0 Å². The fourth-order valence-corrected chi connectivity index (χ4v) is 4.07.